The van der Waals surface area contributed by atoms with Crippen LogP contribution in [0.3, 0.4) is 0 Å². The van der Waals surface area contributed by atoms with Crippen molar-refractivity contribution in [2.45, 2.75) is 13.5 Å². The molecule has 1 aliphatic heterocycles. The van der Waals surface area contributed by atoms with Gasteiger partial charge in [0.15, 0.2) is 0 Å². The van der Waals surface area contributed by atoms with Gasteiger partial charge >= 0.3 is 0 Å². The second-order valence-electron chi connectivity index (χ2n) is 6.98. The van der Waals surface area contributed by atoms with Gasteiger partial charge in [-0.1, -0.05) is 11.6 Å². The van der Waals surface area contributed by atoms with Gasteiger partial charge < -0.3 is 10.2 Å². The lowest BCUT2D eigenvalue weighted by Gasteiger charge is -2.34. The zero-order valence-corrected chi connectivity index (χ0v) is 18.3. The summed E-state index contributed by atoms with van der Waals surface area (Å²) in [5.41, 5.74) is 4.26. The Hall–Kier alpha value is -3.13. The van der Waals surface area contributed by atoms with Crippen molar-refractivity contribution in [2.24, 2.45) is 0 Å². The molecule has 0 unspecified atom stereocenters. The highest BCUT2D eigenvalue weighted by molar-refractivity contribution is 7.10. The van der Waals surface area contributed by atoms with Crippen molar-refractivity contribution >= 4 is 40.5 Å². The van der Waals surface area contributed by atoms with Crippen LogP contribution in [0.1, 0.15) is 17.5 Å². The van der Waals surface area contributed by atoms with Crippen molar-refractivity contribution in [1.29, 1.82) is 5.26 Å². The Morgan fingerprint density at radius 1 is 1.26 bits per heavy atom. The Morgan fingerprint density at radius 3 is 2.81 bits per heavy atom. The first-order chi connectivity index (χ1) is 15.0. The summed E-state index contributed by atoms with van der Waals surface area (Å²) in [4.78, 5) is 33.5. The summed E-state index contributed by atoms with van der Waals surface area (Å²) in [6.07, 6.45) is 1.61. The van der Waals surface area contributed by atoms with Gasteiger partial charge in [-0.2, -0.15) is 5.26 Å². The topological polar surface area (TPSA) is 111 Å². The monoisotopic (exact) mass is 454 g/mol. The number of amides is 1. The first-order valence-corrected chi connectivity index (χ1v) is 10.9. The lowest BCUT2D eigenvalue weighted by atomic mass is 10.2. The smallest absolute Gasteiger partial charge is 0.227 e. The lowest BCUT2D eigenvalue weighted by molar-refractivity contribution is -0.130. The molecule has 3 aromatic heterocycles. The number of nitriles is 1. The van der Waals surface area contributed by atoms with E-state index in [2.05, 4.69) is 36.2 Å². The molecule has 0 spiro atoms. The average Bonchev–Trinajstić information content (AvgIpc) is 3.23. The van der Waals surface area contributed by atoms with E-state index in [9.17, 15) is 10.1 Å². The zero-order chi connectivity index (χ0) is 21.8. The summed E-state index contributed by atoms with van der Waals surface area (Å²) in [7, 11) is 0. The molecule has 0 bridgehead atoms. The molecule has 0 aromatic carbocycles. The van der Waals surface area contributed by atoms with Crippen LogP contribution in [0.15, 0.2) is 29.9 Å². The van der Waals surface area contributed by atoms with Crippen molar-refractivity contribution in [3.05, 3.63) is 45.6 Å². The molecule has 11 heteroatoms. The van der Waals surface area contributed by atoms with Gasteiger partial charge in [-0.25, -0.2) is 19.9 Å². The van der Waals surface area contributed by atoms with Crippen LogP contribution in [-0.4, -0.2) is 61.8 Å². The van der Waals surface area contributed by atoms with Crippen molar-refractivity contribution in [3.8, 4) is 17.5 Å². The number of nitrogens with zero attached hydrogens (tertiary/aromatic N) is 7. The van der Waals surface area contributed by atoms with E-state index in [0.717, 1.165) is 18.8 Å². The highest BCUT2D eigenvalue weighted by atomic mass is 35.5. The maximum absolute atomic E-state index is 11.5. The first kappa shape index (κ1) is 21.1. The maximum Gasteiger partial charge on any atom is 0.227 e. The fraction of sp³-hybridized carbons (Fsp3) is 0.300. The molecule has 1 saturated heterocycles. The molecule has 1 fully saturated rings. The fourth-order valence-electron chi connectivity index (χ4n) is 3.34. The van der Waals surface area contributed by atoms with E-state index >= 15 is 0 Å². The van der Waals surface area contributed by atoms with Crippen LogP contribution in [0.4, 0.5) is 11.6 Å². The van der Waals surface area contributed by atoms with Crippen LogP contribution >= 0.6 is 22.9 Å². The molecule has 3 aromatic rings. The van der Waals surface area contributed by atoms with E-state index in [4.69, 9.17) is 11.6 Å². The third kappa shape index (κ3) is 5.14. The first-order valence-electron chi connectivity index (χ1n) is 9.60. The van der Waals surface area contributed by atoms with E-state index in [1.165, 1.54) is 11.3 Å². The molecule has 9 nitrogen and oxygen atoms in total. The molecule has 1 N–H and O–H groups in total. The summed E-state index contributed by atoms with van der Waals surface area (Å²) < 4.78 is 0. The third-order valence-electron chi connectivity index (χ3n) is 4.87. The van der Waals surface area contributed by atoms with Crippen LogP contribution in [0.2, 0.25) is 5.15 Å². The molecular weight excluding hydrogens is 436 g/mol. The number of carbonyl (C=O) groups is 1. The second kappa shape index (κ2) is 9.34. The summed E-state index contributed by atoms with van der Waals surface area (Å²) >= 11 is 7.51. The largest absolute Gasteiger partial charge is 0.340 e. The normalized spacial score (nSPS) is 14.3. The number of anilines is 2. The standard InChI is InChI=1S/C20H19ClN8OS/c1-13(30)29-6-4-28(5-7-29)11-15-8-14(9-18(21)25-15)26-20-23-3-2-16(27-20)19-17(10-22)31-12-24-19/h2-3,8-9,12H,4-7,11H2,1H3,(H,23,25,26,27). The number of carbonyl (C=O) groups excluding carboxylic acids is 1. The van der Waals surface area contributed by atoms with Crippen molar-refractivity contribution in [3.63, 3.8) is 0 Å². The Kier molecular flexibility index (Phi) is 6.36. The molecule has 0 atom stereocenters. The Balaban J connectivity index is 1.48. The van der Waals surface area contributed by atoms with Crippen molar-refractivity contribution in [2.75, 3.05) is 31.5 Å². The predicted molar refractivity (Wildman–Crippen MR) is 118 cm³/mol. The molecule has 1 amide bonds. The van der Waals surface area contributed by atoms with Crippen LogP contribution in [0.5, 0.6) is 0 Å². The molecular formula is C20H19ClN8OS. The Labute approximate surface area is 188 Å². The molecule has 1 aliphatic rings. The van der Waals surface area contributed by atoms with E-state index < -0.39 is 0 Å². The quantitative estimate of drug-likeness (QED) is 0.586. The number of pyridine rings is 1. The van der Waals surface area contributed by atoms with E-state index in [1.807, 2.05) is 11.0 Å². The van der Waals surface area contributed by atoms with Gasteiger partial charge in [0, 0.05) is 51.5 Å². The molecule has 0 aliphatic carbocycles. The minimum Gasteiger partial charge on any atom is -0.340 e. The summed E-state index contributed by atoms with van der Waals surface area (Å²) in [6.45, 7) is 5.23. The minimum atomic E-state index is 0.105. The summed E-state index contributed by atoms with van der Waals surface area (Å²) in [5, 5.41) is 12.8. The van der Waals surface area contributed by atoms with Gasteiger partial charge in [-0.3, -0.25) is 9.69 Å². The second-order valence-corrected chi connectivity index (χ2v) is 8.23. The van der Waals surface area contributed by atoms with Gasteiger partial charge in [0.25, 0.3) is 0 Å². The van der Waals surface area contributed by atoms with Gasteiger partial charge in [-0.15, -0.1) is 11.3 Å². The molecule has 4 heterocycles. The molecule has 0 saturated carbocycles. The summed E-state index contributed by atoms with van der Waals surface area (Å²) in [6, 6.07) is 7.46. The van der Waals surface area contributed by atoms with Gasteiger partial charge in [0.05, 0.1) is 16.9 Å². The van der Waals surface area contributed by atoms with Gasteiger partial charge in [-0.05, 0) is 18.2 Å². The molecule has 4 rings (SSSR count). The molecule has 31 heavy (non-hydrogen) atoms. The Bertz CT molecular complexity index is 1140. The zero-order valence-electron chi connectivity index (χ0n) is 16.7. The summed E-state index contributed by atoms with van der Waals surface area (Å²) in [5.74, 6) is 0.478. The SMILES string of the molecule is CC(=O)N1CCN(Cc2cc(Nc3nccc(-c4ncsc4C#N)n3)cc(Cl)n2)CC1. The van der Waals surface area contributed by atoms with Crippen LogP contribution in [0.25, 0.3) is 11.4 Å². The van der Waals surface area contributed by atoms with E-state index in [0.29, 0.717) is 52.7 Å². The highest BCUT2D eigenvalue weighted by Crippen LogP contribution is 2.25. The van der Waals surface area contributed by atoms with Crippen molar-refractivity contribution < 1.29 is 4.79 Å². The maximum atomic E-state index is 11.5. The fourth-order valence-corrected chi connectivity index (χ4v) is 4.15. The molecule has 0 radical (unpaired) electrons. The number of hydrogen-bond donors (Lipinski definition) is 1. The van der Waals surface area contributed by atoms with Crippen LogP contribution in [0, 0.1) is 11.3 Å². The van der Waals surface area contributed by atoms with Crippen molar-refractivity contribution in [1.82, 2.24) is 29.7 Å². The number of rotatable bonds is 5. The van der Waals surface area contributed by atoms with Gasteiger partial charge in [0.1, 0.15) is 21.8 Å². The predicted octanol–water partition coefficient (Wildman–Crippen LogP) is 2.93. The minimum absolute atomic E-state index is 0.105. The van der Waals surface area contributed by atoms with E-state index in [1.54, 1.807) is 30.8 Å². The lowest BCUT2D eigenvalue weighted by Crippen LogP contribution is -2.47. The average molecular weight is 455 g/mol. The van der Waals surface area contributed by atoms with Crippen LogP contribution in [-0.2, 0) is 11.3 Å². The van der Waals surface area contributed by atoms with E-state index in [-0.39, 0.29) is 5.91 Å². The number of aromatic nitrogens is 4. The Morgan fingerprint density at radius 2 is 2.06 bits per heavy atom. The number of nitrogens with one attached hydrogen (secondary N) is 1. The number of piperazine rings is 1. The third-order valence-corrected chi connectivity index (χ3v) is 5.80. The number of thiazole rings is 1. The van der Waals surface area contributed by atoms with Crippen LogP contribution < -0.4 is 5.32 Å². The number of halogens is 1. The van der Waals surface area contributed by atoms with Gasteiger partial charge in [0.2, 0.25) is 11.9 Å². The number of hydrogen-bond acceptors (Lipinski definition) is 9. The molecule has 158 valence electrons. The highest BCUT2D eigenvalue weighted by Gasteiger charge is 2.19.